The Morgan fingerprint density at radius 2 is 1.91 bits per heavy atom. The first-order valence-electron chi connectivity index (χ1n) is 7.93. The van der Waals surface area contributed by atoms with Crippen molar-refractivity contribution in [2.24, 2.45) is 5.92 Å². The number of hydrogen-bond donors (Lipinski definition) is 2. The third-order valence-electron chi connectivity index (χ3n) is 4.06. The third kappa shape index (κ3) is 4.01. The lowest BCUT2D eigenvalue weighted by Crippen LogP contribution is -2.39. The number of hydrogen-bond acceptors (Lipinski definition) is 4. The fraction of sp³-hybridized carbons (Fsp3) is 0.529. The number of amides is 3. The standard InChI is InChI=1S/C17H25N3O3/c1-11(2)15(13-5-7-14(23-4)8-6-13)18-9-10-20-16(21)12(3)19-17(20)22/h5-8,11-12,15,18H,9-10H2,1-4H3,(H,19,22)/t12-,15+/m0/s1. The molecule has 0 aromatic heterocycles. The number of urea groups is 1. The van der Waals surface area contributed by atoms with E-state index in [0.29, 0.717) is 19.0 Å². The Labute approximate surface area is 137 Å². The van der Waals surface area contributed by atoms with Gasteiger partial charge in [-0.15, -0.1) is 0 Å². The van der Waals surface area contributed by atoms with Crippen molar-refractivity contribution in [2.75, 3.05) is 20.2 Å². The monoisotopic (exact) mass is 319 g/mol. The smallest absolute Gasteiger partial charge is 0.324 e. The number of ether oxygens (including phenoxy) is 1. The second-order valence-electron chi connectivity index (χ2n) is 6.11. The normalized spacial score (nSPS) is 19.2. The van der Waals surface area contributed by atoms with E-state index >= 15 is 0 Å². The second kappa shape index (κ2) is 7.46. The molecular weight excluding hydrogens is 294 g/mol. The molecule has 0 unspecified atom stereocenters. The van der Waals surface area contributed by atoms with Crippen LogP contribution < -0.4 is 15.4 Å². The largest absolute Gasteiger partial charge is 0.497 e. The van der Waals surface area contributed by atoms with Crippen LogP contribution in [0.2, 0.25) is 0 Å². The van der Waals surface area contributed by atoms with Gasteiger partial charge < -0.3 is 15.4 Å². The lowest BCUT2D eigenvalue weighted by atomic mass is 9.96. The zero-order valence-corrected chi connectivity index (χ0v) is 14.1. The minimum absolute atomic E-state index is 0.152. The average Bonchev–Trinajstić information content (AvgIpc) is 2.77. The van der Waals surface area contributed by atoms with Crippen LogP contribution in [0.4, 0.5) is 4.79 Å². The molecule has 1 aromatic carbocycles. The molecule has 2 atom stereocenters. The number of methoxy groups -OCH3 is 1. The Balaban J connectivity index is 1.95. The summed E-state index contributed by atoms with van der Waals surface area (Å²) in [6.45, 7) is 6.90. The number of rotatable bonds is 7. The molecule has 1 fully saturated rings. The number of carbonyl (C=O) groups is 2. The van der Waals surface area contributed by atoms with Crippen LogP contribution in [0.15, 0.2) is 24.3 Å². The van der Waals surface area contributed by atoms with Crippen LogP contribution in [-0.2, 0) is 4.79 Å². The van der Waals surface area contributed by atoms with Crippen LogP contribution in [0.5, 0.6) is 5.75 Å². The van der Waals surface area contributed by atoms with Gasteiger partial charge in [-0.1, -0.05) is 26.0 Å². The van der Waals surface area contributed by atoms with E-state index < -0.39 is 6.04 Å². The topological polar surface area (TPSA) is 70.7 Å². The van der Waals surface area contributed by atoms with Gasteiger partial charge in [-0.2, -0.15) is 0 Å². The molecule has 1 aliphatic rings. The van der Waals surface area contributed by atoms with E-state index in [9.17, 15) is 9.59 Å². The lowest BCUT2D eigenvalue weighted by Gasteiger charge is -2.24. The summed E-state index contributed by atoms with van der Waals surface area (Å²) in [5, 5.41) is 6.06. The molecule has 6 nitrogen and oxygen atoms in total. The minimum atomic E-state index is -0.426. The predicted octanol–water partition coefficient (Wildman–Crippen LogP) is 1.92. The van der Waals surface area contributed by atoms with Crippen molar-refractivity contribution >= 4 is 11.9 Å². The molecule has 3 amide bonds. The van der Waals surface area contributed by atoms with E-state index in [0.717, 1.165) is 11.3 Å². The molecule has 1 heterocycles. The molecular formula is C17H25N3O3. The molecule has 1 aromatic rings. The molecule has 2 N–H and O–H groups in total. The Kier molecular flexibility index (Phi) is 5.60. The highest BCUT2D eigenvalue weighted by Gasteiger charge is 2.34. The number of imide groups is 1. The van der Waals surface area contributed by atoms with Crippen LogP contribution in [0.25, 0.3) is 0 Å². The predicted molar refractivity (Wildman–Crippen MR) is 88.3 cm³/mol. The van der Waals surface area contributed by atoms with Gasteiger partial charge in [0.05, 0.1) is 7.11 Å². The first-order valence-corrected chi connectivity index (χ1v) is 7.93. The molecule has 126 valence electrons. The fourth-order valence-corrected chi connectivity index (χ4v) is 2.75. The summed E-state index contributed by atoms with van der Waals surface area (Å²) in [4.78, 5) is 24.8. The van der Waals surface area contributed by atoms with Gasteiger partial charge in [0.2, 0.25) is 0 Å². The quantitative estimate of drug-likeness (QED) is 0.753. The minimum Gasteiger partial charge on any atom is -0.497 e. The Hall–Kier alpha value is -2.08. The van der Waals surface area contributed by atoms with Gasteiger partial charge in [0.25, 0.3) is 5.91 Å². The Morgan fingerprint density at radius 3 is 2.39 bits per heavy atom. The first kappa shape index (κ1) is 17.3. The van der Waals surface area contributed by atoms with E-state index in [-0.39, 0.29) is 18.0 Å². The average molecular weight is 319 g/mol. The van der Waals surface area contributed by atoms with Gasteiger partial charge in [0.1, 0.15) is 11.8 Å². The highest BCUT2D eigenvalue weighted by molar-refractivity contribution is 6.03. The molecule has 0 bridgehead atoms. The molecule has 1 saturated heterocycles. The van der Waals surface area contributed by atoms with Gasteiger partial charge in [-0.25, -0.2) is 4.79 Å². The maximum Gasteiger partial charge on any atom is 0.324 e. The molecule has 1 aliphatic heterocycles. The van der Waals surface area contributed by atoms with Crippen molar-refractivity contribution in [1.82, 2.24) is 15.5 Å². The summed E-state index contributed by atoms with van der Waals surface area (Å²) in [5.41, 5.74) is 1.16. The van der Waals surface area contributed by atoms with E-state index in [1.807, 2.05) is 24.3 Å². The summed E-state index contributed by atoms with van der Waals surface area (Å²) >= 11 is 0. The van der Waals surface area contributed by atoms with E-state index in [2.05, 4.69) is 24.5 Å². The van der Waals surface area contributed by atoms with Gasteiger partial charge in [0.15, 0.2) is 0 Å². The molecule has 0 aliphatic carbocycles. The summed E-state index contributed by atoms with van der Waals surface area (Å²) in [5.74, 6) is 1.04. The maximum atomic E-state index is 11.9. The van der Waals surface area contributed by atoms with Crippen LogP contribution >= 0.6 is 0 Å². The Bertz CT molecular complexity index is 557. The zero-order chi connectivity index (χ0) is 17.0. The van der Waals surface area contributed by atoms with Crippen molar-refractivity contribution in [3.8, 4) is 5.75 Å². The Morgan fingerprint density at radius 1 is 1.26 bits per heavy atom. The first-order chi connectivity index (χ1) is 10.9. The summed E-state index contributed by atoms with van der Waals surface area (Å²) in [7, 11) is 1.65. The highest BCUT2D eigenvalue weighted by Crippen LogP contribution is 2.23. The molecule has 2 rings (SSSR count). The van der Waals surface area contributed by atoms with E-state index in [4.69, 9.17) is 4.74 Å². The van der Waals surface area contributed by atoms with E-state index in [1.54, 1.807) is 14.0 Å². The second-order valence-corrected chi connectivity index (χ2v) is 6.11. The van der Waals surface area contributed by atoms with Crippen molar-refractivity contribution < 1.29 is 14.3 Å². The van der Waals surface area contributed by atoms with Crippen LogP contribution in [-0.4, -0.2) is 43.1 Å². The highest BCUT2D eigenvalue weighted by atomic mass is 16.5. The van der Waals surface area contributed by atoms with Gasteiger partial charge in [-0.05, 0) is 30.5 Å². The molecule has 6 heteroatoms. The summed E-state index contributed by atoms with van der Waals surface area (Å²) in [6, 6.07) is 7.36. The van der Waals surface area contributed by atoms with Gasteiger partial charge >= 0.3 is 6.03 Å². The zero-order valence-electron chi connectivity index (χ0n) is 14.1. The van der Waals surface area contributed by atoms with Gasteiger partial charge in [0, 0.05) is 19.1 Å². The van der Waals surface area contributed by atoms with Gasteiger partial charge in [-0.3, -0.25) is 9.69 Å². The molecule has 23 heavy (non-hydrogen) atoms. The number of nitrogens with one attached hydrogen (secondary N) is 2. The van der Waals surface area contributed by atoms with Crippen molar-refractivity contribution in [1.29, 1.82) is 0 Å². The summed E-state index contributed by atoms with van der Waals surface area (Å²) < 4.78 is 5.18. The van der Waals surface area contributed by atoms with Crippen molar-refractivity contribution in [3.05, 3.63) is 29.8 Å². The van der Waals surface area contributed by atoms with Crippen molar-refractivity contribution in [2.45, 2.75) is 32.9 Å². The summed E-state index contributed by atoms with van der Waals surface area (Å²) in [6.07, 6.45) is 0. The maximum absolute atomic E-state index is 11.9. The molecule has 0 spiro atoms. The van der Waals surface area contributed by atoms with Crippen LogP contribution in [0.3, 0.4) is 0 Å². The van der Waals surface area contributed by atoms with Crippen LogP contribution in [0.1, 0.15) is 32.4 Å². The lowest BCUT2D eigenvalue weighted by molar-refractivity contribution is -0.127. The fourth-order valence-electron chi connectivity index (χ4n) is 2.75. The van der Waals surface area contributed by atoms with Crippen molar-refractivity contribution in [3.63, 3.8) is 0 Å². The molecule has 0 radical (unpaired) electrons. The number of benzene rings is 1. The van der Waals surface area contributed by atoms with Crippen LogP contribution in [0, 0.1) is 5.92 Å². The molecule has 0 saturated carbocycles. The number of nitrogens with zero attached hydrogens (tertiary/aromatic N) is 1. The SMILES string of the molecule is COc1ccc([C@H](NCCN2C(=O)N[C@@H](C)C2=O)C(C)C)cc1. The van der Waals surface area contributed by atoms with E-state index in [1.165, 1.54) is 4.90 Å². The third-order valence-corrected chi connectivity index (χ3v) is 4.06. The number of carbonyl (C=O) groups excluding carboxylic acids is 2.